The Kier molecular flexibility index (Phi) is 4.94. The van der Waals surface area contributed by atoms with Crippen LogP contribution in [0.25, 0.3) is 0 Å². The van der Waals surface area contributed by atoms with Crippen LogP contribution < -0.4 is 5.73 Å². The van der Waals surface area contributed by atoms with Crippen molar-refractivity contribution < 1.29 is 9.59 Å². The van der Waals surface area contributed by atoms with Crippen molar-refractivity contribution in [2.24, 2.45) is 11.7 Å². The lowest BCUT2D eigenvalue weighted by molar-refractivity contribution is -0.134. The van der Waals surface area contributed by atoms with Crippen LogP contribution in [-0.2, 0) is 9.59 Å². The first-order chi connectivity index (χ1) is 9.58. The number of likely N-dealkylation sites (tertiary alicyclic amines) is 1. The summed E-state index contributed by atoms with van der Waals surface area (Å²) in [5.41, 5.74) is 5.29. The highest BCUT2D eigenvalue weighted by Gasteiger charge is 2.28. The first kappa shape index (κ1) is 14.8. The van der Waals surface area contributed by atoms with Crippen LogP contribution in [0, 0.1) is 5.92 Å². The fourth-order valence-corrected chi connectivity index (χ4v) is 3.01. The molecule has 0 saturated carbocycles. The summed E-state index contributed by atoms with van der Waals surface area (Å²) < 4.78 is 0. The number of hydrogen-bond acceptors (Lipinski definition) is 5. The summed E-state index contributed by atoms with van der Waals surface area (Å²) >= 11 is 1.35. The molecule has 108 valence electrons. The maximum absolute atomic E-state index is 12.3. The van der Waals surface area contributed by atoms with Gasteiger partial charge in [-0.1, -0.05) is 11.8 Å². The highest BCUT2D eigenvalue weighted by molar-refractivity contribution is 8.00. The number of amides is 2. The van der Waals surface area contributed by atoms with Crippen LogP contribution in [-0.4, -0.2) is 45.0 Å². The number of aromatic nitrogens is 2. The molecule has 0 spiro atoms. The number of carbonyl (C=O) groups is 2. The fourth-order valence-electron chi connectivity index (χ4n) is 2.20. The Hall–Kier alpha value is -1.63. The molecule has 1 unspecified atom stereocenters. The Morgan fingerprint density at radius 1 is 1.35 bits per heavy atom. The van der Waals surface area contributed by atoms with Crippen LogP contribution >= 0.6 is 11.8 Å². The minimum atomic E-state index is -0.266. The summed E-state index contributed by atoms with van der Waals surface area (Å²) in [7, 11) is 0. The van der Waals surface area contributed by atoms with Crippen molar-refractivity contribution in [1.82, 2.24) is 14.9 Å². The maximum Gasteiger partial charge on any atom is 0.235 e. The number of primary amides is 1. The summed E-state index contributed by atoms with van der Waals surface area (Å²) in [6, 6.07) is 1.74. The zero-order valence-electron chi connectivity index (χ0n) is 11.4. The number of piperidine rings is 1. The van der Waals surface area contributed by atoms with E-state index in [4.69, 9.17) is 5.73 Å². The Labute approximate surface area is 122 Å². The quantitative estimate of drug-likeness (QED) is 0.651. The predicted octanol–water partition coefficient (Wildman–Crippen LogP) is 0.681. The highest BCUT2D eigenvalue weighted by Crippen LogP contribution is 2.23. The molecule has 1 saturated heterocycles. The molecule has 0 bridgehead atoms. The minimum absolute atomic E-state index is 0.0605. The number of nitrogens with two attached hydrogens (primary N) is 1. The van der Waals surface area contributed by atoms with Crippen molar-refractivity contribution in [1.29, 1.82) is 0 Å². The molecule has 1 aliphatic heterocycles. The van der Waals surface area contributed by atoms with E-state index in [-0.39, 0.29) is 23.0 Å². The van der Waals surface area contributed by atoms with E-state index in [1.165, 1.54) is 11.8 Å². The normalized spacial score (nSPS) is 17.8. The average Bonchev–Trinajstić information content (AvgIpc) is 2.47. The molecule has 7 heteroatoms. The fraction of sp³-hybridized carbons (Fsp3) is 0.538. The zero-order valence-corrected chi connectivity index (χ0v) is 12.2. The Balaban J connectivity index is 1.87. The molecule has 6 nitrogen and oxygen atoms in total. The van der Waals surface area contributed by atoms with Crippen molar-refractivity contribution >= 4 is 23.6 Å². The SMILES string of the molecule is CC(Sc1ncccn1)C(=O)N1CCC(C(N)=O)CC1. The summed E-state index contributed by atoms with van der Waals surface area (Å²) in [5, 5.41) is 0.364. The first-order valence-electron chi connectivity index (χ1n) is 6.59. The van der Waals surface area contributed by atoms with Crippen molar-refractivity contribution in [2.45, 2.75) is 30.2 Å². The van der Waals surface area contributed by atoms with Gasteiger partial charge in [0.15, 0.2) is 5.16 Å². The summed E-state index contributed by atoms with van der Waals surface area (Å²) in [6.07, 6.45) is 4.62. The summed E-state index contributed by atoms with van der Waals surface area (Å²) in [6.45, 7) is 3.03. The van der Waals surface area contributed by atoms with Gasteiger partial charge in [-0.15, -0.1) is 0 Å². The molecular weight excluding hydrogens is 276 g/mol. The third kappa shape index (κ3) is 3.69. The van der Waals surface area contributed by atoms with E-state index in [2.05, 4.69) is 9.97 Å². The highest BCUT2D eigenvalue weighted by atomic mass is 32.2. The van der Waals surface area contributed by atoms with Gasteiger partial charge in [-0.05, 0) is 25.8 Å². The van der Waals surface area contributed by atoms with Crippen molar-refractivity contribution in [3.05, 3.63) is 18.5 Å². The van der Waals surface area contributed by atoms with Gasteiger partial charge in [-0.25, -0.2) is 9.97 Å². The van der Waals surface area contributed by atoms with E-state index in [0.717, 1.165) is 0 Å². The number of thioether (sulfide) groups is 1. The molecule has 1 atom stereocenters. The largest absolute Gasteiger partial charge is 0.369 e. The van der Waals surface area contributed by atoms with Gasteiger partial charge in [0.05, 0.1) is 5.25 Å². The van der Waals surface area contributed by atoms with Crippen LogP contribution in [0.4, 0.5) is 0 Å². The number of carbonyl (C=O) groups excluding carboxylic acids is 2. The molecule has 20 heavy (non-hydrogen) atoms. The molecule has 2 rings (SSSR count). The van der Waals surface area contributed by atoms with Gasteiger partial charge in [0.1, 0.15) is 0 Å². The Morgan fingerprint density at radius 2 is 1.95 bits per heavy atom. The first-order valence-corrected chi connectivity index (χ1v) is 7.47. The monoisotopic (exact) mass is 294 g/mol. The molecule has 1 aromatic heterocycles. The second kappa shape index (κ2) is 6.69. The second-order valence-corrected chi connectivity index (χ2v) is 6.10. The van der Waals surface area contributed by atoms with Gasteiger partial charge in [0.2, 0.25) is 11.8 Å². The van der Waals surface area contributed by atoms with E-state index in [0.29, 0.717) is 31.1 Å². The van der Waals surface area contributed by atoms with Crippen LogP contribution in [0.15, 0.2) is 23.6 Å². The number of hydrogen-bond donors (Lipinski definition) is 1. The lowest BCUT2D eigenvalue weighted by Gasteiger charge is -2.32. The molecule has 2 heterocycles. The topological polar surface area (TPSA) is 89.2 Å². The molecule has 2 N–H and O–H groups in total. The predicted molar refractivity (Wildman–Crippen MR) is 75.8 cm³/mol. The van der Waals surface area contributed by atoms with Gasteiger partial charge < -0.3 is 10.6 Å². The molecule has 0 radical (unpaired) electrons. The maximum atomic E-state index is 12.3. The standard InChI is InChI=1S/C13H18N4O2S/c1-9(20-13-15-5-2-6-16-13)12(19)17-7-3-10(4-8-17)11(14)18/h2,5-6,9-10H,3-4,7-8H2,1H3,(H2,14,18). The third-order valence-electron chi connectivity index (χ3n) is 3.38. The summed E-state index contributed by atoms with van der Waals surface area (Å²) in [4.78, 5) is 33.4. The molecule has 0 aromatic carbocycles. The second-order valence-electron chi connectivity index (χ2n) is 4.79. The zero-order chi connectivity index (χ0) is 14.5. The average molecular weight is 294 g/mol. The van der Waals surface area contributed by atoms with E-state index >= 15 is 0 Å². The van der Waals surface area contributed by atoms with Gasteiger partial charge in [-0.2, -0.15) is 0 Å². The van der Waals surface area contributed by atoms with Crippen LogP contribution in [0.1, 0.15) is 19.8 Å². The molecule has 1 aliphatic rings. The van der Waals surface area contributed by atoms with Gasteiger partial charge in [0.25, 0.3) is 0 Å². The Bertz CT molecular complexity index is 475. The van der Waals surface area contributed by atoms with E-state index in [1.807, 2.05) is 6.92 Å². The third-order valence-corrected chi connectivity index (χ3v) is 4.36. The summed E-state index contributed by atoms with van der Waals surface area (Å²) in [5.74, 6) is -0.304. The van der Waals surface area contributed by atoms with E-state index in [1.54, 1.807) is 23.4 Å². The molecular formula is C13H18N4O2S. The Morgan fingerprint density at radius 3 is 2.50 bits per heavy atom. The number of nitrogens with zero attached hydrogens (tertiary/aromatic N) is 3. The molecule has 2 amide bonds. The van der Waals surface area contributed by atoms with Crippen molar-refractivity contribution in [2.75, 3.05) is 13.1 Å². The lowest BCUT2D eigenvalue weighted by atomic mass is 9.96. The van der Waals surface area contributed by atoms with Gasteiger partial charge in [0, 0.05) is 31.4 Å². The van der Waals surface area contributed by atoms with E-state index in [9.17, 15) is 9.59 Å². The van der Waals surface area contributed by atoms with Gasteiger partial charge in [-0.3, -0.25) is 9.59 Å². The molecule has 0 aliphatic carbocycles. The molecule has 1 fully saturated rings. The lowest BCUT2D eigenvalue weighted by Crippen LogP contribution is -2.44. The molecule has 1 aromatic rings. The van der Waals surface area contributed by atoms with Crippen molar-refractivity contribution in [3.8, 4) is 0 Å². The minimum Gasteiger partial charge on any atom is -0.369 e. The van der Waals surface area contributed by atoms with Gasteiger partial charge >= 0.3 is 0 Å². The number of rotatable bonds is 4. The van der Waals surface area contributed by atoms with Crippen molar-refractivity contribution in [3.63, 3.8) is 0 Å². The smallest absolute Gasteiger partial charge is 0.235 e. The van der Waals surface area contributed by atoms with Crippen LogP contribution in [0.2, 0.25) is 0 Å². The van der Waals surface area contributed by atoms with Crippen LogP contribution in [0.5, 0.6) is 0 Å². The van der Waals surface area contributed by atoms with E-state index < -0.39 is 0 Å². The van der Waals surface area contributed by atoms with Crippen LogP contribution in [0.3, 0.4) is 0 Å².